The lowest BCUT2D eigenvalue weighted by atomic mass is 9.91. The smallest absolute Gasteiger partial charge is 0.340 e. The van der Waals surface area contributed by atoms with Gasteiger partial charge in [-0.15, -0.1) is 0 Å². The number of benzene rings is 1. The third kappa shape index (κ3) is 2.76. The van der Waals surface area contributed by atoms with Crippen LogP contribution in [0.25, 0.3) is 0 Å². The molecule has 3 rings (SSSR count). The Hall–Kier alpha value is -2.08. The van der Waals surface area contributed by atoms with Crippen LogP contribution in [0.2, 0.25) is 0 Å². The van der Waals surface area contributed by atoms with Crippen molar-refractivity contribution < 1.29 is 19.4 Å². The number of carbonyl (C=O) groups is 2. The van der Waals surface area contributed by atoms with Crippen molar-refractivity contribution in [1.82, 2.24) is 4.90 Å². The maximum Gasteiger partial charge on any atom is 0.340 e. The molecule has 1 aliphatic heterocycles. The summed E-state index contributed by atoms with van der Waals surface area (Å²) in [7, 11) is 0. The van der Waals surface area contributed by atoms with Crippen LogP contribution in [0.1, 0.15) is 19.4 Å². The van der Waals surface area contributed by atoms with Crippen molar-refractivity contribution in [2.45, 2.75) is 26.1 Å². The van der Waals surface area contributed by atoms with Crippen molar-refractivity contribution in [3.05, 3.63) is 68.9 Å². The van der Waals surface area contributed by atoms with Crippen LogP contribution in [0.15, 0.2) is 63.3 Å². The molecule has 0 unspecified atom stereocenters. The third-order valence-electron chi connectivity index (χ3n) is 4.46. The van der Waals surface area contributed by atoms with E-state index in [4.69, 9.17) is 27.9 Å². The zero-order chi connectivity index (χ0) is 19.1. The first kappa shape index (κ1) is 18.7. The first-order valence-electron chi connectivity index (χ1n) is 8.06. The molecule has 0 aromatic heterocycles. The molecule has 1 heterocycles. The Kier molecular flexibility index (Phi) is 4.97. The molecule has 0 saturated heterocycles. The van der Waals surface area contributed by atoms with Crippen LogP contribution in [0.4, 0.5) is 0 Å². The first-order valence-corrected chi connectivity index (χ1v) is 8.82. The molecular weight excluding hydrogens is 377 g/mol. The van der Waals surface area contributed by atoms with Crippen molar-refractivity contribution in [2.24, 2.45) is 0 Å². The molecule has 0 spiro atoms. The molecule has 7 heteroatoms. The summed E-state index contributed by atoms with van der Waals surface area (Å²) in [6.07, 6.45) is 1.15. The minimum atomic E-state index is -1.89. The van der Waals surface area contributed by atoms with Crippen molar-refractivity contribution in [3.8, 4) is 0 Å². The average Bonchev–Trinajstić information content (AvgIpc) is 2.83. The number of hydrogen-bond acceptors (Lipinski definition) is 5. The Balaban J connectivity index is 2.16. The summed E-state index contributed by atoms with van der Waals surface area (Å²) in [5, 5.41) is 10.9. The molecule has 0 saturated carbocycles. The van der Waals surface area contributed by atoms with Crippen LogP contribution >= 0.6 is 23.2 Å². The minimum absolute atomic E-state index is 0.0868. The maximum absolute atomic E-state index is 12.5. The number of halogens is 2. The van der Waals surface area contributed by atoms with Gasteiger partial charge in [0.25, 0.3) is 0 Å². The largest absolute Gasteiger partial charge is 0.462 e. The van der Waals surface area contributed by atoms with Crippen LogP contribution in [0.3, 0.4) is 0 Å². The lowest BCUT2D eigenvalue weighted by Gasteiger charge is -2.38. The number of nitrogens with zero attached hydrogens (tertiary/aromatic N) is 1. The van der Waals surface area contributed by atoms with Gasteiger partial charge in [-0.1, -0.05) is 53.5 Å². The van der Waals surface area contributed by atoms with E-state index in [1.54, 1.807) is 18.7 Å². The number of hydrogen-bond donors (Lipinski definition) is 1. The minimum Gasteiger partial charge on any atom is -0.462 e. The number of allylic oxidation sites excluding steroid dienone is 3. The van der Waals surface area contributed by atoms with Gasteiger partial charge in [0.2, 0.25) is 5.72 Å². The molecule has 136 valence electrons. The lowest BCUT2D eigenvalue weighted by Crippen LogP contribution is -2.47. The molecule has 1 aliphatic carbocycles. The van der Waals surface area contributed by atoms with E-state index in [1.165, 1.54) is 0 Å². The molecule has 0 fully saturated rings. The van der Waals surface area contributed by atoms with Gasteiger partial charge in [0, 0.05) is 17.8 Å². The van der Waals surface area contributed by atoms with E-state index in [1.807, 2.05) is 30.3 Å². The van der Waals surface area contributed by atoms with E-state index in [-0.39, 0.29) is 34.4 Å². The molecule has 0 bridgehead atoms. The zero-order valence-electron chi connectivity index (χ0n) is 14.3. The highest BCUT2D eigenvalue weighted by Crippen LogP contribution is 2.50. The Labute approximate surface area is 161 Å². The van der Waals surface area contributed by atoms with E-state index in [9.17, 15) is 14.7 Å². The van der Waals surface area contributed by atoms with E-state index < -0.39 is 17.5 Å². The fourth-order valence-electron chi connectivity index (χ4n) is 3.22. The number of rotatable bonds is 4. The van der Waals surface area contributed by atoms with Crippen molar-refractivity contribution >= 4 is 35.0 Å². The second kappa shape index (κ2) is 6.91. The highest BCUT2D eigenvalue weighted by atomic mass is 35.5. The Morgan fingerprint density at radius 2 is 1.92 bits per heavy atom. The molecule has 5 nitrogen and oxygen atoms in total. The van der Waals surface area contributed by atoms with Gasteiger partial charge >= 0.3 is 5.97 Å². The Bertz CT molecular complexity index is 873. The van der Waals surface area contributed by atoms with Crippen LogP contribution < -0.4 is 0 Å². The Morgan fingerprint density at radius 3 is 2.54 bits per heavy atom. The van der Waals surface area contributed by atoms with Gasteiger partial charge in [0.1, 0.15) is 5.03 Å². The number of carbonyl (C=O) groups excluding carboxylic acids is 2. The van der Waals surface area contributed by atoms with Crippen molar-refractivity contribution in [2.75, 3.05) is 6.61 Å². The number of aliphatic hydroxyl groups is 1. The SMILES string of the molecule is CCOC(=O)C1=C(C)N(Cc2ccccc2)[C@]2(O)C1=CC(=O)C(Cl)=C2Cl. The average molecular weight is 394 g/mol. The molecular formula is C19H17Cl2NO4. The number of ether oxygens (including phenoxy) is 1. The highest BCUT2D eigenvalue weighted by molar-refractivity contribution is 6.51. The topological polar surface area (TPSA) is 66.8 Å². The Morgan fingerprint density at radius 1 is 1.27 bits per heavy atom. The summed E-state index contributed by atoms with van der Waals surface area (Å²) in [5.41, 5.74) is -0.334. The summed E-state index contributed by atoms with van der Waals surface area (Å²) in [4.78, 5) is 26.2. The van der Waals surface area contributed by atoms with Gasteiger partial charge in [-0.05, 0) is 25.5 Å². The summed E-state index contributed by atoms with van der Waals surface area (Å²) < 4.78 is 5.11. The predicted octanol–water partition coefficient (Wildman–Crippen LogP) is 3.23. The van der Waals surface area contributed by atoms with Crippen LogP contribution in [0, 0.1) is 0 Å². The van der Waals surface area contributed by atoms with Crippen molar-refractivity contribution in [3.63, 3.8) is 0 Å². The molecule has 1 atom stereocenters. The summed E-state index contributed by atoms with van der Waals surface area (Å²) in [6, 6.07) is 9.38. The molecule has 1 N–H and O–H groups in total. The van der Waals surface area contributed by atoms with Gasteiger partial charge in [0.15, 0.2) is 5.78 Å². The van der Waals surface area contributed by atoms with Crippen molar-refractivity contribution in [1.29, 1.82) is 0 Å². The van der Waals surface area contributed by atoms with Gasteiger partial charge in [-0.2, -0.15) is 0 Å². The molecule has 0 amide bonds. The number of ketones is 1. The standard InChI is InChI=1S/C19H17Cl2NO4/c1-3-26-18(24)15-11(2)22(10-12-7-5-4-6-8-12)19(25)13(15)9-14(23)16(20)17(19)21/h4-9,25H,3,10H2,1-2H3/t19-/m0/s1. The molecule has 0 radical (unpaired) electrons. The normalized spacial score (nSPS) is 22.6. The van der Waals surface area contributed by atoms with Gasteiger partial charge < -0.3 is 14.7 Å². The van der Waals surface area contributed by atoms with Crippen LogP contribution in [-0.2, 0) is 20.9 Å². The fourth-order valence-corrected chi connectivity index (χ4v) is 3.70. The lowest BCUT2D eigenvalue weighted by molar-refractivity contribution is -0.138. The first-order chi connectivity index (χ1) is 12.3. The van der Waals surface area contributed by atoms with Gasteiger partial charge in [0.05, 0.1) is 17.2 Å². The number of fused-ring (bicyclic) bond motifs is 1. The number of esters is 1. The van der Waals surface area contributed by atoms with E-state index in [0.29, 0.717) is 5.70 Å². The van der Waals surface area contributed by atoms with Crippen LogP contribution in [0.5, 0.6) is 0 Å². The maximum atomic E-state index is 12.5. The van der Waals surface area contributed by atoms with Crippen LogP contribution in [-0.4, -0.2) is 34.1 Å². The van der Waals surface area contributed by atoms with Gasteiger partial charge in [-0.3, -0.25) is 4.79 Å². The summed E-state index contributed by atoms with van der Waals surface area (Å²) in [6.45, 7) is 3.78. The summed E-state index contributed by atoms with van der Waals surface area (Å²) in [5.74, 6) is -1.19. The van der Waals surface area contributed by atoms with E-state index >= 15 is 0 Å². The molecule has 26 heavy (non-hydrogen) atoms. The van der Waals surface area contributed by atoms with E-state index in [0.717, 1.165) is 11.6 Å². The molecule has 2 aliphatic rings. The zero-order valence-corrected chi connectivity index (χ0v) is 15.8. The monoisotopic (exact) mass is 393 g/mol. The molecule has 1 aromatic carbocycles. The van der Waals surface area contributed by atoms with Gasteiger partial charge in [-0.25, -0.2) is 4.79 Å². The highest BCUT2D eigenvalue weighted by Gasteiger charge is 2.54. The second-order valence-corrected chi connectivity index (χ2v) is 6.73. The third-order valence-corrected chi connectivity index (χ3v) is 5.38. The van der Waals surface area contributed by atoms with E-state index in [2.05, 4.69) is 0 Å². The predicted molar refractivity (Wildman–Crippen MR) is 98.1 cm³/mol. The molecule has 1 aromatic rings. The second-order valence-electron chi connectivity index (χ2n) is 5.98. The quantitative estimate of drug-likeness (QED) is 0.795. The summed E-state index contributed by atoms with van der Waals surface area (Å²) >= 11 is 12.3. The fraction of sp³-hybridized carbons (Fsp3) is 0.263.